The largest absolute Gasteiger partial charge is 0.469 e. The Morgan fingerprint density at radius 2 is 2.18 bits per heavy atom. The number of nitro groups is 1. The van der Waals surface area contributed by atoms with E-state index in [1.165, 1.54) is 7.11 Å². The minimum atomic E-state index is -0.344. The first-order chi connectivity index (χ1) is 10.4. The van der Waals surface area contributed by atoms with Crippen molar-refractivity contribution in [1.82, 2.24) is 4.90 Å². The Bertz CT molecular complexity index is 569. The molecule has 0 heterocycles. The summed E-state index contributed by atoms with van der Waals surface area (Å²) in [5.41, 5.74) is 1.84. The second-order valence-corrected chi connectivity index (χ2v) is 5.97. The van der Waals surface area contributed by atoms with E-state index in [2.05, 4.69) is 4.90 Å². The number of hydrogen-bond donors (Lipinski definition) is 0. The van der Waals surface area contributed by atoms with E-state index in [1.807, 2.05) is 19.9 Å². The van der Waals surface area contributed by atoms with Crippen molar-refractivity contribution in [1.29, 1.82) is 0 Å². The van der Waals surface area contributed by atoms with Crippen LogP contribution in [0, 0.1) is 23.0 Å². The van der Waals surface area contributed by atoms with Gasteiger partial charge in [-0.3, -0.25) is 19.8 Å². The first-order valence-electron chi connectivity index (χ1n) is 7.48. The fraction of sp³-hybridized carbons (Fsp3) is 0.562. The number of benzene rings is 1. The predicted molar refractivity (Wildman–Crippen MR) is 82.4 cm³/mol. The van der Waals surface area contributed by atoms with Crippen LogP contribution in [0.5, 0.6) is 0 Å². The van der Waals surface area contributed by atoms with Gasteiger partial charge in [0.25, 0.3) is 5.69 Å². The molecule has 0 radical (unpaired) electrons. The lowest BCUT2D eigenvalue weighted by molar-refractivity contribution is -0.385. The van der Waals surface area contributed by atoms with Gasteiger partial charge in [-0.2, -0.15) is 0 Å². The number of esters is 1. The van der Waals surface area contributed by atoms with Crippen LogP contribution in [0.3, 0.4) is 0 Å². The number of carbonyl (C=O) groups excluding carboxylic acids is 1. The number of nitrogens with zero attached hydrogens (tertiary/aromatic N) is 2. The maximum atomic E-state index is 11.6. The molecule has 1 atom stereocenters. The summed E-state index contributed by atoms with van der Waals surface area (Å²) in [5.74, 6) is -0.487. The third-order valence-electron chi connectivity index (χ3n) is 3.98. The monoisotopic (exact) mass is 306 g/mol. The van der Waals surface area contributed by atoms with E-state index >= 15 is 0 Å². The van der Waals surface area contributed by atoms with E-state index in [-0.39, 0.29) is 22.5 Å². The standard InChI is InChI=1S/C16H22N2O4/c1-11-4-7-15(18(20)21)13(8-11)10-17(14-5-6-14)9-12(2)16(19)22-3/h4,7-8,12,14H,5-6,9-10H2,1-3H3. The molecule has 0 spiro atoms. The van der Waals surface area contributed by atoms with Crippen LogP contribution in [-0.2, 0) is 16.1 Å². The zero-order valence-corrected chi connectivity index (χ0v) is 13.2. The molecule has 1 aromatic carbocycles. The molecule has 1 aliphatic rings. The van der Waals surface area contributed by atoms with E-state index in [9.17, 15) is 14.9 Å². The van der Waals surface area contributed by atoms with Crippen molar-refractivity contribution in [2.45, 2.75) is 39.3 Å². The Kier molecular flexibility index (Phi) is 5.13. The van der Waals surface area contributed by atoms with Crippen molar-refractivity contribution in [3.8, 4) is 0 Å². The lowest BCUT2D eigenvalue weighted by Crippen LogP contribution is -2.34. The van der Waals surface area contributed by atoms with Gasteiger partial charge in [0.15, 0.2) is 0 Å². The first-order valence-corrected chi connectivity index (χ1v) is 7.48. The third kappa shape index (κ3) is 4.04. The molecule has 0 aromatic heterocycles. The summed E-state index contributed by atoms with van der Waals surface area (Å²) in [5, 5.41) is 11.2. The summed E-state index contributed by atoms with van der Waals surface area (Å²) < 4.78 is 4.77. The van der Waals surface area contributed by atoms with E-state index in [0.29, 0.717) is 24.7 Å². The van der Waals surface area contributed by atoms with Crippen LogP contribution in [-0.4, -0.2) is 35.5 Å². The Labute approximate surface area is 130 Å². The highest BCUT2D eigenvalue weighted by molar-refractivity contribution is 5.72. The smallest absolute Gasteiger partial charge is 0.309 e. The molecule has 22 heavy (non-hydrogen) atoms. The van der Waals surface area contributed by atoms with Crippen molar-refractivity contribution in [2.24, 2.45) is 5.92 Å². The average molecular weight is 306 g/mol. The molecular formula is C16H22N2O4. The molecule has 1 aliphatic carbocycles. The highest BCUT2D eigenvalue weighted by Crippen LogP contribution is 2.31. The number of ether oxygens (including phenoxy) is 1. The Morgan fingerprint density at radius 1 is 1.50 bits per heavy atom. The van der Waals surface area contributed by atoms with Crippen molar-refractivity contribution in [2.75, 3.05) is 13.7 Å². The maximum Gasteiger partial charge on any atom is 0.309 e. The quantitative estimate of drug-likeness (QED) is 0.440. The van der Waals surface area contributed by atoms with E-state index < -0.39 is 0 Å². The minimum Gasteiger partial charge on any atom is -0.469 e. The van der Waals surface area contributed by atoms with Crippen molar-refractivity contribution >= 4 is 11.7 Å². The van der Waals surface area contributed by atoms with Gasteiger partial charge in [0.2, 0.25) is 0 Å². The summed E-state index contributed by atoms with van der Waals surface area (Å²) in [7, 11) is 1.38. The van der Waals surface area contributed by atoms with Crippen LogP contribution in [0.15, 0.2) is 18.2 Å². The predicted octanol–water partition coefficient (Wildman–Crippen LogP) is 2.68. The number of hydrogen-bond acceptors (Lipinski definition) is 5. The number of nitro benzene ring substituents is 1. The van der Waals surface area contributed by atoms with Crippen molar-refractivity contribution in [3.63, 3.8) is 0 Å². The van der Waals surface area contributed by atoms with Gasteiger partial charge in [-0.15, -0.1) is 0 Å². The van der Waals surface area contributed by atoms with Gasteiger partial charge in [-0.1, -0.05) is 18.6 Å². The Hall–Kier alpha value is -1.95. The van der Waals surface area contributed by atoms with E-state index in [0.717, 1.165) is 18.4 Å². The molecule has 1 unspecified atom stereocenters. The van der Waals surface area contributed by atoms with Crippen molar-refractivity contribution < 1.29 is 14.5 Å². The topological polar surface area (TPSA) is 72.7 Å². The van der Waals surface area contributed by atoms with Gasteiger partial charge >= 0.3 is 5.97 Å². The summed E-state index contributed by atoms with van der Waals surface area (Å²) >= 11 is 0. The Morgan fingerprint density at radius 3 is 2.73 bits per heavy atom. The van der Waals surface area contributed by atoms with Gasteiger partial charge in [0, 0.05) is 30.8 Å². The third-order valence-corrected chi connectivity index (χ3v) is 3.98. The average Bonchev–Trinajstić information content (AvgIpc) is 3.29. The summed E-state index contributed by atoms with van der Waals surface area (Å²) in [4.78, 5) is 24.6. The molecule has 120 valence electrons. The first kappa shape index (κ1) is 16.4. The zero-order chi connectivity index (χ0) is 16.3. The van der Waals surface area contributed by atoms with Crippen LogP contribution < -0.4 is 0 Å². The van der Waals surface area contributed by atoms with E-state index in [1.54, 1.807) is 12.1 Å². The summed E-state index contributed by atoms with van der Waals surface area (Å²) in [6, 6.07) is 5.57. The van der Waals surface area contributed by atoms with Gasteiger partial charge in [0.05, 0.1) is 18.0 Å². The highest BCUT2D eigenvalue weighted by atomic mass is 16.6. The molecule has 0 bridgehead atoms. The number of rotatable bonds is 7. The van der Waals surface area contributed by atoms with Crippen LogP contribution in [0.4, 0.5) is 5.69 Å². The molecular weight excluding hydrogens is 284 g/mol. The van der Waals surface area contributed by atoms with Gasteiger partial charge in [-0.05, 0) is 25.8 Å². The maximum absolute atomic E-state index is 11.6. The molecule has 0 saturated heterocycles. The molecule has 0 aliphatic heterocycles. The second kappa shape index (κ2) is 6.87. The summed E-state index contributed by atoms with van der Waals surface area (Å²) in [6.07, 6.45) is 2.15. The SMILES string of the molecule is COC(=O)C(C)CN(Cc1cc(C)ccc1[N+](=O)[O-])C1CC1. The van der Waals surface area contributed by atoms with Crippen molar-refractivity contribution in [3.05, 3.63) is 39.4 Å². The second-order valence-electron chi connectivity index (χ2n) is 5.97. The minimum absolute atomic E-state index is 0.141. The zero-order valence-electron chi connectivity index (χ0n) is 13.2. The molecule has 6 heteroatoms. The normalized spacial score (nSPS) is 15.6. The molecule has 2 rings (SSSR count). The highest BCUT2D eigenvalue weighted by Gasteiger charge is 2.32. The van der Waals surface area contributed by atoms with E-state index in [4.69, 9.17) is 4.74 Å². The number of aryl methyl sites for hydroxylation is 1. The van der Waals surface area contributed by atoms with Crippen LogP contribution >= 0.6 is 0 Å². The Balaban J connectivity index is 2.16. The lowest BCUT2D eigenvalue weighted by atomic mass is 10.1. The van der Waals surface area contributed by atoms with Crippen LogP contribution in [0.1, 0.15) is 30.9 Å². The molecule has 1 aromatic rings. The number of carbonyl (C=O) groups is 1. The molecule has 1 saturated carbocycles. The molecule has 0 amide bonds. The summed E-state index contributed by atoms with van der Waals surface area (Å²) in [6.45, 7) is 4.80. The fourth-order valence-electron chi connectivity index (χ4n) is 2.65. The molecule has 6 nitrogen and oxygen atoms in total. The van der Waals surface area contributed by atoms with Gasteiger partial charge in [0.1, 0.15) is 0 Å². The van der Waals surface area contributed by atoms with Crippen LogP contribution in [0.2, 0.25) is 0 Å². The van der Waals surface area contributed by atoms with Gasteiger partial charge in [-0.25, -0.2) is 0 Å². The lowest BCUT2D eigenvalue weighted by Gasteiger charge is -2.24. The fourth-order valence-corrected chi connectivity index (χ4v) is 2.65. The number of methoxy groups -OCH3 is 1. The molecule has 0 N–H and O–H groups in total. The van der Waals surface area contributed by atoms with Gasteiger partial charge < -0.3 is 4.74 Å². The molecule has 1 fully saturated rings. The van der Waals surface area contributed by atoms with Crippen LogP contribution in [0.25, 0.3) is 0 Å².